The van der Waals surface area contributed by atoms with Crippen molar-refractivity contribution in [3.8, 4) is 5.75 Å². The minimum Gasteiger partial charge on any atom is -0.493 e. The molecular formula is C17H24N2O2. The van der Waals surface area contributed by atoms with Gasteiger partial charge in [-0.25, -0.2) is 0 Å². The van der Waals surface area contributed by atoms with Gasteiger partial charge in [0.05, 0.1) is 12.6 Å². The maximum absolute atomic E-state index is 12.3. The Morgan fingerprint density at radius 1 is 1.24 bits per heavy atom. The first-order valence-electron chi connectivity index (χ1n) is 8.00. The number of carbonyl (C=O) groups is 1. The second-order valence-corrected chi connectivity index (χ2v) is 6.21. The number of carbonyl (C=O) groups excluding carboxylic acids is 1. The second-order valence-electron chi connectivity index (χ2n) is 6.21. The van der Waals surface area contributed by atoms with Crippen LogP contribution in [-0.2, 0) is 4.79 Å². The number of fused-ring (bicyclic) bond motifs is 1. The summed E-state index contributed by atoms with van der Waals surface area (Å²) in [6.07, 6.45) is 5.93. The Bertz CT molecular complexity index is 503. The predicted molar refractivity (Wildman–Crippen MR) is 82.0 cm³/mol. The van der Waals surface area contributed by atoms with Crippen molar-refractivity contribution >= 4 is 5.91 Å². The van der Waals surface area contributed by atoms with Gasteiger partial charge in [-0.3, -0.25) is 4.79 Å². The summed E-state index contributed by atoms with van der Waals surface area (Å²) < 4.78 is 5.63. The van der Waals surface area contributed by atoms with E-state index in [2.05, 4.69) is 5.32 Å². The van der Waals surface area contributed by atoms with E-state index in [9.17, 15) is 4.79 Å². The topological polar surface area (TPSA) is 64.4 Å². The average Bonchev–Trinajstić information content (AvgIpc) is 2.50. The summed E-state index contributed by atoms with van der Waals surface area (Å²) in [5.74, 6) is 1.36. The molecule has 1 aliphatic carbocycles. The summed E-state index contributed by atoms with van der Waals surface area (Å²) in [5.41, 5.74) is 7.22. The third-order valence-corrected chi connectivity index (χ3v) is 4.71. The molecule has 21 heavy (non-hydrogen) atoms. The normalized spacial score (nSPS) is 28.3. The molecule has 1 saturated carbocycles. The highest BCUT2D eigenvalue weighted by Gasteiger charge is 2.27. The van der Waals surface area contributed by atoms with Crippen molar-refractivity contribution in [3.05, 3.63) is 29.8 Å². The molecule has 0 saturated heterocycles. The largest absolute Gasteiger partial charge is 0.493 e. The van der Waals surface area contributed by atoms with Gasteiger partial charge in [-0.2, -0.15) is 0 Å². The van der Waals surface area contributed by atoms with Gasteiger partial charge in [-0.05, 0) is 24.8 Å². The van der Waals surface area contributed by atoms with Gasteiger partial charge in [0, 0.05) is 24.4 Å². The Morgan fingerprint density at radius 3 is 2.90 bits per heavy atom. The summed E-state index contributed by atoms with van der Waals surface area (Å²) in [6, 6.07) is 8.21. The number of nitrogens with two attached hydrogens (primary N) is 1. The zero-order valence-electron chi connectivity index (χ0n) is 12.4. The number of para-hydroxylation sites is 1. The number of benzene rings is 1. The van der Waals surface area contributed by atoms with Gasteiger partial charge in [0.25, 0.3) is 0 Å². The fourth-order valence-corrected chi connectivity index (χ4v) is 3.47. The third kappa shape index (κ3) is 3.38. The predicted octanol–water partition coefficient (Wildman–Crippen LogP) is 2.53. The molecule has 1 amide bonds. The van der Waals surface area contributed by atoms with Crippen molar-refractivity contribution in [1.82, 2.24) is 5.32 Å². The fourth-order valence-electron chi connectivity index (χ4n) is 3.47. The lowest BCUT2D eigenvalue weighted by Crippen LogP contribution is -2.38. The first-order chi connectivity index (χ1) is 10.2. The Hall–Kier alpha value is -1.55. The molecule has 3 unspecified atom stereocenters. The summed E-state index contributed by atoms with van der Waals surface area (Å²) >= 11 is 0. The molecule has 0 bridgehead atoms. The molecule has 4 heteroatoms. The van der Waals surface area contributed by atoms with Crippen LogP contribution < -0.4 is 15.8 Å². The van der Waals surface area contributed by atoms with E-state index in [-0.39, 0.29) is 18.0 Å². The molecule has 3 rings (SSSR count). The summed E-state index contributed by atoms with van der Waals surface area (Å²) in [7, 11) is 0. The quantitative estimate of drug-likeness (QED) is 0.898. The second kappa shape index (κ2) is 6.48. The third-order valence-electron chi connectivity index (χ3n) is 4.71. The molecule has 0 spiro atoms. The lowest BCUT2D eigenvalue weighted by molar-refractivity contribution is -0.123. The van der Waals surface area contributed by atoms with E-state index in [0.29, 0.717) is 18.9 Å². The summed E-state index contributed by atoms with van der Waals surface area (Å²) in [5, 5.41) is 3.17. The lowest BCUT2D eigenvalue weighted by atomic mass is 9.83. The first kappa shape index (κ1) is 14.4. The Morgan fingerprint density at radius 2 is 2.05 bits per heavy atom. The van der Waals surface area contributed by atoms with Crippen molar-refractivity contribution in [3.63, 3.8) is 0 Å². The zero-order chi connectivity index (χ0) is 14.7. The standard InChI is InChI=1S/C17H24N2O2/c18-14-7-3-1-5-12(14)11-17(20)19-15-9-10-21-16-8-4-2-6-13(15)16/h2,4,6,8,12,14-15H,1,3,5,7,9-11,18H2,(H,19,20). The Labute approximate surface area is 126 Å². The van der Waals surface area contributed by atoms with Crippen LogP contribution in [-0.4, -0.2) is 18.6 Å². The van der Waals surface area contributed by atoms with Gasteiger partial charge in [-0.15, -0.1) is 0 Å². The SMILES string of the molecule is NC1CCCCC1CC(=O)NC1CCOc2ccccc21. The van der Waals surface area contributed by atoms with Crippen LogP contribution >= 0.6 is 0 Å². The Kier molecular flexibility index (Phi) is 4.44. The molecule has 1 aromatic carbocycles. The molecule has 1 aliphatic heterocycles. The van der Waals surface area contributed by atoms with Crippen LogP contribution in [0.2, 0.25) is 0 Å². The number of ether oxygens (including phenoxy) is 1. The minimum absolute atomic E-state index is 0.0715. The van der Waals surface area contributed by atoms with Crippen molar-refractivity contribution < 1.29 is 9.53 Å². The average molecular weight is 288 g/mol. The van der Waals surface area contributed by atoms with E-state index in [1.807, 2.05) is 24.3 Å². The molecule has 0 radical (unpaired) electrons. The first-order valence-corrected chi connectivity index (χ1v) is 8.00. The lowest BCUT2D eigenvalue weighted by Gasteiger charge is -2.30. The molecule has 3 N–H and O–H groups in total. The van der Waals surface area contributed by atoms with E-state index in [0.717, 1.165) is 30.6 Å². The zero-order valence-corrected chi connectivity index (χ0v) is 12.4. The maximum Gasteiger partial charge on any atom is 0.220 e. The molecule has 1 heterocycles. The number of rotatable bonds is 3. The van der Waals surface area contributed by atoms with E-state index >= 15 is 0 Å². The van der Waals surface area contributed by atoms with Crippen LogP contribution in [0.5, 0.6) is 5.75 Å². The van der Waals surface area contributed by atoms with Gasteiger partial charge < -0.3 is 15.8 Å². The number of amides is 1. The highest BCUT2D eigenvalue weighted by atomic mass is 16.5. The van der Waals surface area contributed by atoms with Crippen LogP contribution in [0, 0.1) is 5.92 Å². The molecule has 0 aromatic heterocycles. The van der Waals surface area contributed by atoms with Gasteiger partial charge >= 0.3 is 0 Å². The number of nitrogens with one attached hydrogen (secondary N) is 1. The van der Waals surface area contributed by atoms with E-state index in [4.69, 9.17) is 10.5 Å². The maximum atomic E-state index is 12.3. The van der Waals surface area contributed by atoms with E-state index in [1.54, 1.807) is 0 Å². The van der Waals surface area contributed by atoms with Crippen LogP contribution in [0.1, 0.15) is 50.1 Å². The van der Waals surface area contributed by atoms with Crippen LogP contribution in [0.4, 0.5) is 0 Å². The molecule has 2 aliphatic rings. The van der Waals surface area contributed by atoms with E-state index in [1.165, 1.54) is 12.8 Å². The molecule has 114 valence electrons. The van der Waals surface area contributed by atoms with E-state index < -0.39 is 0 Å². The highest BCUT2D eigenvalue weighted by molar-refractivity contribution is 5.77. The highest BCUT2D eigenvalue weighted by Crippen LogP contribution is 2.32. The van der Waals surface area contributed by atoms with Gasteiger partial charge in [0.1, 0.15) is 5.75 Å². The van der Waals surface area contributed by atoms with Crippen LogP contribution in [0.15, 0.2) is 24.3 Å². The summed E-state index contributed by atoms with van der Waals surface area (Å²) in [6.45, 7) is 0.658. The minimum atomic E-state index is 0.0715. The van der Waals surface area contributed by atoms with Crippen molar-refractivity contribution in [2.24, 2.45) is 11.7 Å². The van der Waals surface area contributed by atoms with Crippen LogP contribution in [0.3, 0.4) is 0 Å². The Balaban J connectivity index is 1.60. The van der Waals surface area contributed by atoms with Crippen molar-refractivity contribution in [2.75, 3.05) is 6.61 Å². The molecule has 3 atom stereocenters. The monoisotopic (exact) mass is 288 g/mol. The van der Waals surface area contributed by atoms with Crippen molar-refractivity contribution in [1.29, 1.82) is 0 Å². The molecule has 1 fully saturated rings. The molecular weight excluding hydrogens is 264 g/mol. The number of hydrogen-bond donors (Lipinski definition) is 2. The van der Waals surface area contributed by atoms with Gasteiger partial charge in [0.15, 0.2) is 0 Å². The van der Waals surface area contributed by atoms with Crippen LogP contribution in [0.25, 0.3) is 0 Å². The van der Waals surface area contributed by atoms with Gasteiger partial charge in [0.2, 0.25) is 5.91 Å². The fraction of sp³-hybridized carbons (Fsp3) is 0.588. The molecule has 1 aromatic rings. The van der Waals surface area contributed by atoms with Gasteiger partial charge in [-0.1, -0.05) is 31.0 Å². The smallest absolute Gasteiger partial charge is 0.220 e. The summed E-state index contributed by atoms with van der Waals surface area (Å²) in [4.78, 5) is 12.3. The number of hydrogen-bond acceptors (Lipinski definition) is 3. The van der Waals surface area contributed by atoms with Crippen molar-refractivity contribution in [2.45, 2.75) is 50.6 Å². The molecule has 4 nitrogen and oxygen atoms in total.